The second kappa shape index (κ2) is 5.90. The zero-order valence-corrected chi connectivity index (χ0v) is 12.6. The number of hydrogen-bond donors (Lipinski definition) is 1. The molecular weight excluding hydrogens is 244 g/mol. The van der Waals surface area contributed by atoms with Crippen molar-refractivity contribution in [1.29, 1.82) is 0 Å². The van der Waals surface area contributed by atoms with Crippen molar-refractivity contribution < 1.29 is 14.7 Å². The van der Waals surface area contributed by atoms with Crippen LogP contribution < -0.4 is 0 Å². The van der Waals surface area contributed by atoms with Crippen LogP contribution in [0.2, 0.25) is 0 Å². The molecule has 1 heterocycles. The van der Waals surface area contributed by atoms with Crippen LogP contribution in [0.5, 0.6) is 0 Å². The fourth-order valence-corrected chi connectivity index (χ4v) is 2.31. The van der Waals surface area contributed by atoms with Crippen LogP contribution in [0.1, 0.15) is 34.6 Å². The van der Waals surface area contributed by atoms with Gasteiger partial charge in [0.15, 0.2) is 0 Å². The summed E-state index contributed by atoms with van der Waals surface area (Å²) in [5.74, 6) is -2.04. The van der Waals surface area contributed by atoms with Gasteiger partial charge in [-0.1, -0.05) is 13.8 Å². The second-order valence-electron chi connectivity index (χ2n) is 6.40. The van der Waals surface area contributed by atoms with Gasteiger partial charge in [-0.25, -0.2) is 0 Å². The molecule has 0 saturated carbocycles. The summed E-state index contributed by atoms with van der Waals surface area (Å²) in [4.78, 5) is 27.3. The van der Waals surface area contributed by atoms with E-state index in [4.69, 9.17) is 5.11 Å². The topological polar surface area (TPSA) is 60.9 Å². The van der Waals surface area contributed by atoms with Crippen molar-refractivity contribution in [3.8, 4) is 0 Å². The third-order valence-electron chi connectivity index (χ3n) is 4.07. The van der Waals surface area contributed by atoms with Gasteiger partial charge in [-0.15, -0.1) is 0 Å². The largest absolute Gasteiger partial charge is 0.481 e. The summed E-state index contributed by atoms with van der Waals surface area (Å²) in [5.41, 5.74) is 0.120. The molecule has 0 aromatic rings. The first-order valence-electron chi connectivity index (χ1n) is 6.91. The number of carboxylic acids is 1. The van der Waals surface area contributed by atoms with Crippen LogP contribution in [-0.4, -0.2) is 58.5 Å². The van der Waals surface area contributed by atoms with Gasteiger partial charge in [0.2, 0.25) is 5.91 Å². The molecular formula is C14H26N2O3. The van der Waals surface area contributed by atoms with Crippen LogP contribution in [0.4, 0.5) is 0 Å². The van der Waals surface area contributed by atoms with E-state index in [-0.39, 0.29) is 11.4 Å². The van der Waals surface area contributed by atoms with Gasteiger partial charge in [0, 0.05) is 37.6 Å². The van der Waals surface area contributed by atoms with E-state index in [0.29, 0.717) is 13.1 Å². The Kier molecular flexibility index (Phi) is 4.96. The Morgan fingerprint density at radius 2 is 1.47 bits per heavy atom. The van der Waals surface area contributed by atoms with Gasteiger partial charge in [-0.05, 0) is 20.8 Å². The molecule has 19 heavy (non-hydrogen) atoms. The molecule has 0 aliphatic carbocycles. The van der Waals surface area contributed by atoms with Gasteiger partial charge in [0.05, 0.1) is 5.92 Å². The molecule has 0 radical (unpaired) electrons. The minimum Gasteiger partial charge on any atom is -0.481 e. The van der Waals surface area contributed by atoms with Crippen LogP contribution in [0.15, 0.2) is 0 Å². The Bertz CT molecular complexity index is 341. The molecule has 0 bridgehead atoms. The summed E-state index contributed by atoms with van der Waals surface area (Å²) >= 11 is 0. The number of carboxylic acid groups (broad SMARTS) is 1. The van der Waals surface area contributed by atoms with E-state index in [1.54, 1.807) is 18.7 Å². The average molecular weight is 270 g/mol. The molecule has 0 aromatic carbocycles. The van der Waals surface area contributed by atoms with E-state index in [2.05, 4.69) is 25.7 Å². The fraction of sp³-hybridized carbons (Fsp3) is 0.857. The Labute approximate surface area is 115 Å². The molecule has 1 saturated heterocycles. The van der Waals surface area contributed by atoms with Crippen molar-refractivity contribution in [3.05, 3.63) is 0 Å². The summed E-state index contributed by atoms with van der Waals surface area (Å²) in [5, 5.41) is 8.97. The molecule has 0 spiro atoms. The monoisotopic (exact) mass is 270 g/mol. The van der Waals surface area contributed by atoms with E-state index in [0.717, 1.165) is 13.1 Å². The highest BCUT2D eigenvalue weighted by atomic mass is 16.4. The molecule has 5 nitrogen and oxygen atoms in total. The van der Waals surface area contributed by atoms with Crippen molar-refractivity contribution in [2.24, 2.45) is 11.8 Å². The van der Waals surface area contributed by atoms with Crippen molar-refractivity contribution in [3.63, 3.8) is 0 Å². The molecule has 2 atom stereocenters. The van der Waals surface area contributed by atoms with Crippen LogP contribution in [0.25, 0.3) is 0 Å². The Hall–Kier alpha value is -1.10. The average Bonchev–Trinajstić information content (AvgIpc) is 2.35. The SMILES string of the molecule is CC(C(=O)O)C(C)C(=O)N1CCN(C(C)(C)C)CC1. The Balaban J connectivity index is 2.56. The third kappa shape index (κ3) is 3.93. The number of rotatable bonds is 3. The van der Waals surface area contributed by atoms with Crippen molar-refractivity contribution >= 4 is 11.9 Å². The van der Waals surface area contributed by atoms with E-state index in [9.17, 15) is 9.59 Å². The van der Waals surface area contributed by atoms with Crippen LogP contribution in [0.3, 0.4) is 0 Å². The fourth-order valence-electron chi connectivity index (χ4n) is 2.31. The smallest absolute Gasteiger partial charge is 0.307 e. The van der Waals surface area contributed by atoms with Gasteiger partial charge in [-0.2, -0.15) is 0 Å². The maximum atomic E-state index is 12.2. The number of piperazine rings is 1. The van der Waals surface area contributed by atoms with Gasteiger partial charge >= 0.3 is 5.97 Å². The number of nitrogens with zero attached hydrogens (tertiary/aromatic N) is 2. The van der Waals surface area contributed by atoms with Crippen LogP contribution >= 0.6 is 0 Å². The van der Waals surface area contributed by atoms with Crippen LogP contribution in [0, 0.1) is 11.8 Å². The van der Waals surface area contributed by atoms with Gasteiger partial charge in [-0.3, -0.25) is 14.5 Å². The number of carbonyl (C=O) groups excluding carboxylic acids is 1. The van der Waals surface area contributed by atoms with Crippen LogP contribution in [-0.2, 0) is 9.59 Å². The maximum absolute atomic E-state index is 12.2. The normalized spacial score (nSPS) is 21.0. The maximum Gasteiger partial charge on any atom is 0.307 e. The summed E-state index contributed by atoms with van der Waals surface area (Å²) in [6, 6.07) is 0. The first-order valence-corrected chi connectivity index (χ1v) is 6.91. The van der Waals surface area contributed by atoms with E-state index in [1.807, 2.05) is 0 Å². The van der Waals surface area contributed by atoms with E-state index in [1.165, 1.54) is 0 Å². The summed E-state index contributed by atoms with van der Waals surface area (Å²) in [7, 11) is 0. The standard InChI is InChI=1S/C14H26N2O3/c1-10(11(2)13(18)19)12(17)15-6-8-16(9-7-15)14(3,4)5/h10-11H,6-9H2,1-5H3,(H,18,19). The third-order valence-corrected chi connectivity index (χ3v) is 4.07. The van der Waals surface area contributed by atoms with Gasteiger partial charge in [0.1, 0.15) is 0 Å². The first kappa shape index (κ1) is 16.0. The Morgan fingerprint density at radius 3 is 1.84 bits per heavy atom. The number of hydrogen-bond acceptors (Lipinski definition) is 3. The summed E-state index contributed by atoms with van der Waals surface area (Å²) < 4.78 is 0. The number of aliphatic carboxylic acids is 1. The highest BCUT2D eigenvalue weighted by Crippen LogP contribution is 2.19. The van der Waals surface area contributed by atoms with Gasteiger partial charge < -0.3 is 10.0 Å². The molecule has 110 valence electrons. The zero-order valence-electron chi connectivity index (χ0n) is 12.6. The minimum absolute atomic E-state index is 0.0385. The minimum atomic E-state index is -0.908. The molecule has 1 fully saturated rings. The predicted molar refractivity (Wildman–Crippen MR) is 73.9 cm³/mol. The van der Waals surface area contributed by atoms with Crippen molar-refractivity contribution in [2.45, 2.75) is 40.2 Å². The highest BCUT2D eigenvalue weighted by Gasteiger charge is 2.33. The summed E-state index contributed by atoms with van der Waals surface area (Å²) in [6.07, 6.45) is 0. The van der Waals surface area contributed by atoms with Crippen molar-refractivity contribution in [1.82, 2.24) is 9.80 Å². The lowest BCUT2D eigenvalue weighted by Crippen LogP contribution is -2.55. The second-order valence-corrected chi connectivity index (χ2v) is 6.40. The molecule has 1 rings (SSSR count). The molecule has 2 unspecified atom stereocenters. The lowest BCUT2D eigenvalue weighted by Gasteiger charge is -2.43. The number of amides is 1. The van der Waals surface area contributed by atoms with Crippen molar-refractivity contribution in [2.75, 3.05) is 26.2 Å². The molecule has 1 aliphatic heterocycles. The molecule has 1 N–H and O–H groups in total. The summed E-state index contributed by atoms with van der Waals surface area (Å²) in [6.45, 7) is 12.9. The lowest BCUT2D eigenvalue weighted by atomic mass is 9.94. The quantitative estimate of drug-likeness (QED) is 0.839. The molecule has 5 heteroatoms. The predicted octanol–water partition coefficient (Wildman–Crippen LogP) is 1.29. The highest BCUT2D eigenvalue weighted by molar-refractivity contribution is 5.84. The van der Waals surface area contributed by atoms with Gasteiger partial charge in [0.25, 0.3) is 0 Å². The van der Waals surface area contributed by atoms with E-state index >= 15 is 0 Å². The van der Waals surface area contributed by atoms with E-state index < -0.39 is 17.8 Å². The zero-order chi connectivity index (χ0) is 14.8. The lowest BCUT2D eigenvalue weighted by molar-refractivity contribution is -0.150. The molecule has 1 aliphatic rings. The first-order chi connectivity index (χ1) is 8.64. The Morgan fingerprint density at radius 1 is 1.00 bits per heavy atom. The molecule has 0 aromatic heterocycles. The molecule has 1 amide bonds. The number of carbonyl (C=O) groups is 2.